The molecule has 1 unspecified atom stereocenters. The number of benzene rings is 1. The summed E-state index contributed by atoms with van der Waals surface area (Å²) in [6.45, 7) is 5.10. The molecule has 0 saturated heterocycles. The Morgan fingerprint density at radius 1 is 1.12 bits per heavy atom. The number of rotatable bonds is 7. The monoisotopic (exact) mass is 459 g/mol. The number of aromatic nitrogens is 3. The van der Waals surface area contributed by atoms with Gasteiger partial charge in [0.2, 0.25) is 0 Å². The van der Waals surface area contributed by atoms with Crippen molar-refractivity contribution in [3.05, 3.63) is 64.6 Å². The van der Waals surface area contributed by atoms with Crippen LogP contribution >= 0.6 is 11.3 Å². The molecule has 3 heterocycles. The summed E-state index contributed by atoms with van der Waals surface area (Å²) in [6, 6.07) is 10.0. The topological polar surface area (TPSA) is 72.0 Å². The first-order valence-electron chi connectivity index (χ1n) is 11.5. The fraction of sp³-hybridized carbons (Fsp3) is 0.346. The second-order valence-electron chi connectivity index (χ2n) is 8.75. The van der Waals surface area contributed by atoms with E-state index in [-0.39, 0.29) is 0 Å². The van der Waals surface area contributed by atoms with Crippen LogP contribution in [0.3, 0.4) is 0 Å². The number of ether oxygens (including phenoxy) is 1. The van der Waals surface area contributed by atoms with Crippen LogP contribution in [-0.2, 0) is 12.8 Å². The Kier molecular flexibility index (Phi) is 6.24. The van der Waals surface area contributed by atoms with E-state index in [0.29, 0.717) is 0 Å². The number of thiophene rings is 1. The summed E-state index contributed by atoms with van der Waals surface area (Å²) in [5, 5.41) is 8.02. The molecule has 1 aliphatic carbocycles. The highest BCUT2D eigenvalue weighted by molar-refractivity contribution is 7.19. The Hall–Kier alpha value is -3.03. The summed E-state index contributed by atoms with van der Waals surface area (Å²) < 4.78 is 6.02. The molecule has 0 spiro atoms. The van der Waals surface area contributed by atoms with Crippen LogP contribution < -0.4 is 15.4 Å². The zero-order valence-corrected chi connectivity index (χ0v) is 20.1. The predicted molar refractivity (Wildman–Crippen MR) is 135 cm³/mol. The van der Waals surface area contributed by atoms with Gasteiger partial charge in [-0.25, -0.2) is 9.97 Å². The third kappa shape index (κ3) is 4.70. The van der Waals surface area contributed by atoms with E-state index in [0.717, 1.165) is 64.4 Å². The van der Waals surface area contributed by atoms with Crippen LogP contribution in [0.2, 0.25) is 0 Å². The van der Waals surface area contributed by atoms with Gasteiger partial charge in [-0.1, -0.05) is 0 Å². The van der Waals surface area contributed by atoms with E-state index in [2.05, 4.69) is 38.6 Å². The molecule has 0 amide bonds. The van der Waals surface area contributed by atoms with Crippen molar-refractivity contribution >= 4 is 33.1 Å². The van der Waals surface area contributed by atoms with Gasteiger partial charge in [-0.2, -0.15) is 0 Å². The van der Waals surface area contributed by atoms with Crippen LogP contribution in [0.15, 0.2) is 42.9 Å². The number of hydrogen-bond acceptors (Lipinski definition) is 7. The van der Waals surface area contributed by atoms with Crippen LogP contribution in [0.5, 0.6) is 11.5 Å². The van der Waals surface area contributed by atoms with Gasteiger partial charge >= 0.3 is 0 Å². The summed E-state index contributed by atoms with van der Waals surface area (Å²) in [5.74, 6) is 3.20. The summed E-state index contributed by atoms with van der Waals surface area (Å²) in [6.07, 6.45) is 8.13. The van der Waals surface area contributed by atoms with Gasteiger partial charge in [0.15, 0.2) is 0 Å². The van der Waals surface area contributed by atoms with Crippen LogP contribution in [0.1, 0.15) is 34.5 Å². The molecule has 1 aliphatic rings. The maximum Gasteiger partial charge on any atom is 0.145 e. The first-order chi connectivity index (χ1) is 16.1. The maximum absolute atomic E-state index is 6.02. The van der Waals surface area contributed by atoms with Gasteiger partial charge in [0.25, 0.3) is 0 Å². The van der Waals surface area contributed by atoms with Crippen LogP contribution in [0.25, 0.3) is 10.2 Å². The van der Waals surface area contributed by atoms with Crippen LogP contribution in [0, 0.1) is 19.8 Å². The summed E-state index contributed by atoms with van der Waals surface area (Å²) >= 11 is 1.83. The van der Waals surface area contributed by atoms with E-state index >= 15 is 0 Å². The van der Waals surface area contributed by atoms with Crippen molar-refractivity contribution in [2.45, 2.75) is 39.5 Å². The third-order valence-electron chi connectivity index (χ3n) is 6.30. The van der Waals surface area contributed by atoms with Gasteiger partial charge in [0.05, 0.1) is 11.6 Å². The molecule has 0 aliphatic heterocycles. The molecule has 6 nitrogen and oxygen atoms in total. The lowest BCUT2D eigenvalue weighted by molar-refractivity contribution is 0.426. The zero-order valence-electron chi connectivity index (χ0n) is 19.3. The van der Waals surface area contributed by atoms with Gasteiger partial charge < -0.3 is 15.4 Å². The maximum atomic E-state index is 6.02. The van der Waals surface area contributed by atoms with Gasteiger partial charge in [-0.05, 0) is 100 Å². The Labute approximate surface area is 198 Å². The Morgan fingerprint density at radius 3 is 2.82 bits per heavy atom. The quantitative estimate of drug-likeness (QED) is 0.356. The molecule has 170 valence electrons. The van der Waals surface area contributed by atoms with E-state index in [1.54, 1.807) is 12.5 Å². The largest absolute Gasteiger partial charge is 0.455 e. The second kappa shape index (κ2) is 9.45. The standard InChI is InChI=1S/C26H29N5OS/c1-16-12-19(6-9-22(16)32-20-7-4-17(2)28-14-20)31-25-24-21-8-5-18(10-11-27-3)13-23(21)33-26(24)30-15-29-25/h4,6-7,9,12,14-15,18,27H,5,8,10-11,13H2,1-3H3,(H,29,30,31). The van der Waals surface area contributed by atoms with Crippen molar-refractivity contribution in [2.75, 3.05) is 18.9 Å². The summed E-state index contributed by atoms with van der Waals surface area (Å²) in [4.78, 5) is 16.1. The number of aryl methyl sites for hydroxylation is 3. The van der Waals surface area contributed by atoms with Crippen LogP contribution in [-0.4, -0.2) is 28.5 Å². The minimum absolute atomic E-state index is 0.736. The second-order valence-corrected chi connectivity index (χ2v) is 9.83. The molecule has 0 saturated carbocycles. The number of anilines is 2. The lowest BCUT2D eigenvalue weighted by Gasteiger charge is -2.22. The number of nitrogens with zero attached hydrogens (tertiary/aromatic N) is 3. The third-order valence-corrected chi connectivity index (χ3v) is 7.46. The first-order valence-corrected chi connectivity index (χ1v) is 12.3. The molecule has 0 bridgehead atoms. The SMILES string of the molecule is CNCCC1CCc2c(sc3ncnc(Nc4ccc(Oc5ccc(C)nc5)c(C)c4)c23)C1. The van der Waals surface area contributed by atoms with Crippen molar-refractivity contribution in [1.29, 1.82) is 0 Å². The lowest BCUT2D eigenvalue weighted by atomic mass is 9.86. The highest BCUT2D eigenvalue weighted by Gasteiger charge is 2.25. The Bertz CT molecular complexity index is 1270. The van der Waals surface area contributed by atoms with Gasteiger partial charge in [-0.15, -0.1) is 11.3 Å². The smallest absolute Gasteiger partial charge is 0.145 e. The molecule has 7 heteroatoms. The molecule has 0 radical (unpaired) electrons. The van der Waals surface area contributed by atoms with E-state index < -0.39 is 0 Å². The number of fused-ring (bicyclic) bond motifs is 3. The molecule has 33 heavy (non-hydrogen) atoms. The van der Waals surface area contributed by atoms with E-state index in [1.807, 2.05) is 49.6 Å². The van der Waals surface area contributed by atoms with Gasteiger partial charge in [0.1, 0.15) is 28.5 Å². The minimum Gasteiger partial charge on any atom is -0.455 e. The average molecular weight is 460 g/mol. The van der Waals surface area contributed by atoms with Crippen molar-refractivity contribution in [3.63, 3.8) is 0 Å². The van der Waals surface area contributed by atoms with Crippen molar-refractivity contribution in [2.24, 2.45) is 5.92 Å². The molecule has 1 atom stereocenters. The molecule has 0 fully saturated rings. The van der Waals surface area contributed by atoms with Crippen LogP contribution in [0.4, 0.5) is 11.5 Å². The average Bonchev–Trinajstić information content (AvgIpc) is 3.19. The van der Waals surface area contributed by atoms with Gasteiger partial charge in [-0.3, -0.25) is 4.98 Å². The number of hydrogen-bond donors (Lipinski definition) is 2. The van der Waals surface area contributed by atoms with Crippen molar-refractivity contribution in [3.8, 4) is 11.5 Å². The van der Waals surface area contributed by atoms with E-state index in [1.165, 1.54) is 28.7 Å². The van der Waals surface area contributed by atoms with Crippen molar-refractivity contribution < 1.29 is 4.74 Å². The molecule has 4 aromatic rings. The highest BCUT2D eigenvalue weighted by Crippen LogP contribution is 2.41. The van der Waals surface area contributed by atoms with E-state index in [4.69, 9.17) is 4.74 Å². The number of pyridine rings is 1. The van der Waals surface area contributed by atoms with E-state index in [9.17, 15) is 0 Å². The normalized spacial score (nSPS) is 15.4. The lowest BCUT2D eigenvalue weighted by Crippen LogP contribution is -2.18. The fourth-order valence-corrected chi connectivity index (χ4v) is 5.79. The predicted octanol–water partition coefficient (Wildman–Crippen LogP) is 5.95. The molecule has 3 aromatic heterocycles. The Morgan fingerprint density at radius 2 is 2.03 bits per heavy atom. The highest BCUT2D eigenvalue weighted by atomic mass is 32.1. The summed E-state index contributed by atoms with van der Waals surface area (Å²) in [7, 11) is 2.03. The minimum atomic E-state index is 0.736. The molecule has 1 aromatic carbocycles. The molecular formula is C26H29N5OS. The fourth-order valence-electron chi connectivity index (χ4n) is 4.49. The zero-order chi connectivity index (χ0) is 22.8. The van der Waals surface area contributed by atoms with Gasteiger partial charge in [0, 0.05) is 16.3 Å². The Balaban J connectivity index is 1.37. The number of nitrogens with one attached hydrogen (secondary N) is 2. The molecular weight excluding hydrogens is 430 g/mol. The molecule has 5 rings (SSSR count). The first kappa shape index (κ1) is 21.8. The molecule has 2 N–H and O–H groups in total. The van der Waals surface area contributed by atoms with Crippen molar-refractivity contribution in [1.82, 2.24) is 20.3 Å². The summed E-state index contributed by atoms with van der Waals surface area (Å²) in [5.41, 5.74) is 4.44.